The van der Waals surface area contributed by atoms with Crippen LogP contribution in [0.15, 0.2) is 35.3 Å². The Balaban J connectivity index is 0.00000176. The number of likely N-dealkylation sites (tertiary alicyclic amines) is 1. The van der Waals surface area contributed by atoms with Crippen LogP contribution in [0.1, 0.15) is 24.4 Å². The summed E-state index contributed by atoms with van der Waals surface area (Å²) in [7, 11) is 1.90. The molecule has 6 heteroatoms. The van der Waals surface area contributed by atoms with Gasteiger partial charge in [-0.1, -0.05) is 30.3 Å². The summed E-state index contributed by atoms with van der Waals surface area (Å²) in [6.45, 7) is 2.61. The molecule has 3 rings (SSSR count). The van der Waals surface area contributed by atoms with Gasteiger partial charge in [-0.05, 0) is 12.0 Å². The first kappa shape index (κ1) is 17.1. The van der Waals surface area contributed by atoms with Gasteiger partial charge in [-0.25, -0.2) is 0 Å². The SMILES string of the molecule is CN1C(=O)C[C@@H](CNC2=NCCCN2)[C@@H]1c1ccccc1.I. The molecule has 1 saturated heterocycles. The van der Waals surface area contributed by atoms with Crippen LogP contribution in [0.25, 0.3) is 0 Å². The minimum atomic E-state index is 0. The largest absolute Gasteiger partial charge is 0.356 e. The molecule has 1 fully saturated rings. The van der Waals surface area contributed by atoms with Crippen LogP contribution in [0.4, 0.5) is 0 Å². The Morgan fingerprint density at radius 3 is 2.82 bits per heavy atom. The molecule has 0 spiro atoms. The van der Waals surface area contributed by atoms with Crippen molar-refractivity contribution in [2.24, 2.45) is 10.9 Å². The summed E-state index contributed by atoms with van der Waals surface area (Å²) >= 11 is 0. The number of aliphatic imine (C=N–C) groups is 1. The molecule has 2 heterocycles. The molecular formula is C16H23IN4O. The zero-order valence-corrected chi connectivity index (χ0v) is 15.1. The van der Waals surface area contributed by atoms with Gasteiger partial charge in [0.25, 0.3) is 0 Å². The van der Waals surface area contributed by atoms with Crippen molar-refractivity contribution in [3.63, 3.8) is 0 Å². The first-order chi connectivity index (χ1) is 10.3. The minimum Gasteiger partial charge on any atom is -0.356 e. The van der Waals surface area contributed by atoms with Gasteiger partial charge in [-0.15, -0.1) is 24.0 Å². The molecule has 22 heavy (non-hydrogen) atoms. The highest BCUT2D eigenvalue weighted by Gasteiger charge is 2.38. The lowest BCUT2D eigenvalue weighted by molar-refractivity contribution is -0.127. The van der Waals surface area contributed by atoms with Gasteiger partial charge < -0.3 is 15.5 Å². The lowest BCUT2D eigenvalue weighted by Crippen LogP contribution is -2.43. The maximum Gasteiger partial charge on any atom is 0.223 e. The van der Waals surface area contributed by atoms with Gasteiger partial charge in [0.15, 0.2) is 5.96 Å². The average Bonchev–Trinajstić information content (AvgIpc) is 2.82. The Hall–Kier alpha value is -1.31. The molecule has 2 aliphatic rings. The fraction of sp³-hybridized carbons (Fsp3) is 0.500. The highest BCUT2D eigenvalue weighted by molar-refractivity contribution is 14.0. The van der Waals surface area contributed by atoms with Crippen LogP contribution in [0.2, 0.25) is 0 Å². The van der Waals surface area contributed by atoms with E-state index in [4.69, 9.17) is 0 Å². The zero-order valence-electron chi connectivity index (χ0n) is 12.8. The maximum absolute atomic E-state index is 12.1. The monoisotopic (exact) mass is 414 g/mol. The van der Waals surface area contributed by atoms with Crippen LogP contribution in [-0.2, 0) is 4.79 Å². The Morgan fingerprint density at radius 1 is 1.36 bits per heavy atom. The summed E-state index contributed by atoms with van der Waals surface area (Å²) in [5.41, 5.74) is 1.20. The van der Waals surface area contributed by atoms with E-state index >= 15 is 0 Å². The van der Waals surface area contributed by atoms with Crippen molar-refractivity contribution in [3.05, 3.63) is 35.9 Å². The summed E-state index contributed by atoms with van der Waals surface area (Å²) in [4.78, 5) is 18.4. The first-order valence-corrected chi connectivity index (χ1v) is 7.58. The van der Waals surface area contributed by atoms with E-state index in [1.807, 2.05) is 30.1 Å². The van der Waals surface area contributed by atoms with Gasteiger partial charge in [0.2, 0.25) is 5.91 Å². The minimum absolute atomic E-state index is 0. The second-order valence-electron chi connectivity index (χ2n) is 5.72. The fourth-order valence-corrected chi connectivity index (χ4v) is 3.16. The molecule has 120 valence electrons. The number of carbonyl (C=O) groups is 1. The molecule has 0 bridgehead atoms. The molecule has 0 aliphatic carbocycles. The number of nitrogens with zero attached hydrogens (tertiary/aromatic N) is 2. The molecule has 2 N–H and O–H groups in total. The molecule has 1 amide bonds. The number of halogens is 1. The van der Waals surface area contributed by atoms with Gasteiger partial charge >= 0.3 is 0 Å². The topological polar surface area (TPSA) is 56.7 Å². The third-order valence-corrected chi connectivity index (χ3v) is 4.26. The summed E-state index contributed by atoms with van der Waals surface area (Å²) in [5, 5.41) is 6.62. The van der Waals surface area contributed by atoms with E-state index in [0.29, 0.717) is 6.42 Å². The Kier molecular flexibility index (Phi) is 6.05. The van der Waals surface area contributed by atoms with Crippen LogP contribution in [0.5, 0.6) is 0 Å². The van der Waals surface area contributed by atoms with Crippen LogP contribution < -0.4 is 10.6 Å². The van der Waals surface area contributed by atoms with Crippen molar-refractivity contribution in [1.82, 2.24) is 15.5 Å². The van der Waals surface area contributed by atoms with Crippen molar-refractivity contribution in [2.45, 2.75) is 18.9 Å². The van der Waals surface area contributed by atoms with Crippen LogP contribution in [0.3, 0.4) is 0 Å². The van der Waals surface area contributed by atoms with Gasteiger partial charge in [0.1, 0.15) is 0 Å². The van der Waals surface area contributed by atoms with Gasteiger partial charge in [0, 0.05) is 39.0 Å². The molecule has 2 aliphatic heterocycles. The van der Waals surface area contributed by atoms with E-state index in [9.17, 15) is 4.79 Å². The fourth-order valence-electron chi connectivity index (χ4n) is 3.16. The molecule has 1 aromatic rings. The molecule has 1 aromatic carbocycles. The van der Waals surface area contributed by atoms with Crippen molar-refractivity contribution in [2.75, 3.05) is 26.7 Å². The summed E-state index contributed by atoms with van der Waals surface area (Å²) in [6.07, 6.45) is 1.68. The van der Waals surface area contributed by atoms with E-state index in [1.165, 1.54) is 5.56 Å². The first-order valence-electron chi connectivity index (χ1n) is 7.58. The third kappa shape index (κ3) is 3.71. The number of nitrogens with one attached hydrogen (secondary N) is 2. The second-order valence-corrected chi connectivity index (χ2v) is 5.72. The number of amides is 1. The zero-order chi connectivity index (χ0) is 14.7. The molecule has 2 atom stereocenters. The van der Waals surface area contributed by atoms with Crippen molar-refractivity contribution in [3.8, 4) is 0 Å². The molecule has 0 aromatic heterocycles. The third-order valence-electron chi connectivity index (χ3n) is 4.26. The summed E-state index contributed by atoms with van der Waals surface area (Å²) in [6, 6.07) is 10.4. The molecule has 0 saturated carbocycles. The lowest BCUT2D eigenvalue weighted by atomic mass is 9.94. The quantitative estimate of drug-likeness (QED) is 0.742. The van der Waals surface area contributed by atoms with Crippen LogP contribution >= 0.6 is 24.0 Å². The van der Waals surface area contributed by atoms with Crippen molar-refractivity contribution >= 4 is 35.8 Å². The van der Waals surface area contributed by atoms with E-state index in [-0.39, 0.29) is 41.8 Å². The number of hydrogen-bond donors (Lipinski definition) is 2. The average molecular weight is 414 g/mol. The van der Waals surface area contributed by atoms with Crippen LogP contribution in [-0.4, -0.2) is 43.4 Å². The predicted octanol–water partition coefficient (Wildman–Crippen LogP) is 1.76. The highest BCUT2D eigenvalue weighted by atomic mass is 127. The molecule has 0 unspecified atom stereocenters. The van der Waals surface area contributed by atoms with Crippen molar-refractivity contribution < 1.29 is 4.79 Å². The smallest absolute Gasteiger partial charge is 0.223 e. The number of rotatable bonds is 3. The van der Waals surface area contributed by atoms with Gasteiger partial charge in [-0.3, -0.25) is 9.79 Å². The summed E-state index contributed by atoms with van der Waals surface area (Å²) in [5.74, 6) is 1.36. The standard InChI is InChI=1S/C16H22N4O.HI/c1-20-14(21)10-13(11-19-16-17-8-5-9-18-16)15(20)12-6-3-2-4-7-12;/h2-4,6-7,13,15H,5,8-11H2,1H3,(H2,17,18,19);1H/t13-,15-;/m0./s1. The Labute approximate surface area is 148 Å². The van der Waals surface area contributed by atoms with Gasteiger partial charge in [-0.2, -0.15) is 0 Å². The second kappa shape index (κ2) is 7.80. The van der Waals surface area contributed by atoms with E-state index in [0.717, 1.165) is 32.0 Å². The Bertz CT molecular complexity index is 534. The molecular weight excluding hydrogens is 391 g/mol. The molecule has 0 radical (unpaired) electrons. The van der Waals surface area contributed by atoms with Gasteiger partial charge in [0.05, 0.1) is 6.04 Å². The Morgan fingerprint density at radius 2 is 2.14 bits per heavy atom. The number of hydrogen-bond acceptors (Lipinski definition) is 4. The predicted molar refractivity (Wildman–Crippen MR) is 98.4 cm³/mol. The van der Waals surface area contributed by atoms with Crippen molar-refractivity contribution in [1.29, 1.82) is 0 Å². The normalized spacial score (nSPS) is 24.3. The number of carbonyl (C=O) groups excluding carboxylic acids is 1. The highest BCUT2D eigenvalue weighted by Crippen LogP contribution is 2.36. The van der Waals surface area contributed by atoms with E-state index in [1.54, 1.807) is 0 Å². The van der Waals surface area contributed by atoms with E-state index < -0.39 is 0 Å². The molecule has 5 nitrogen and oxygen atoms in total. The summed E-state index contributed by atoms with van der Waals surface area (Å²) < 4.78 is 0. The number of benzene rings is 1. The number of guanidine groups is 1. The lowest BCUT2D eigenvalue weighted by Gasteiger charge is -2.26. The van der Waals surface area contributed by atoms with Crippen LogP contribution in [0, 0.1) is 5.92 Å². The maximum atomic E-state index is 12.1. The van der Waals surface area contributed by atoms with E-state index in [2.05, 4.69) is 27.8 Å².